The van der Waals surface area contributed by atoms with E-state index >= 15 is 0 Å². The number of aromatic nitrogens is 1. The first-order valence-corrected chi connectivity index (χ1v) is 5.22. The Hall–Kier alpha value is -1.81. The van der Waals surface area contributed by atoms with Crippen LogP contribution in [0.3, 0.4) is 0 Å². The van der Waals surface area contributed by atoms with Gasteiger partial charge in [0.1, 0.15) is 11.6 Å². The van der Waals surface area contributed by atoms with Crippen LogP contribution in [0.15, 0.2) is 24.3 Å². The Morgan fingerprint density at radius 1 is 1.38 bits per heavy atom. The van der Waals surface area contributed by atoms with E-state index in [0.717, 1.165) is 34.5 Å². The summed E-state index contributed by atoms with van der Waals surface area (Å²) >= 11 is 0. The smallest absolute Gasteiger partial charge is 0.143 e. The van der Waals surface area contributed by atoms with Gasteiger partial charge in [-0.05, 0) is 30.2 Å². The first-order chi connectivity index (χ1) is 7.78. The van der Waals surface area contributed by atoms with Crippen molar-refractivity contribution in [2.45, 2.75) is 13.3 Å². The summed E-state index contributed by atoms with van der Waals surface area (Å²) in [5.74, 6) is 6.97. The Morgan fingerprint density at radius 3 is 2.81 bits per heavy atom. The SMILES string of the molecule is CCc1cc2ccc(OC)cc2nc1NN. The summed E-state index contributed by atoms with van der Waals surface area (Å²) in [5.41, 5.74) is 4.61. The van der Waals surface area contributed by atoms with Crippen LogP contribution < -0.4 is 16.0 Å². The fraction of sp³-hybridized carbons (Fsp3) is 0.250. The van der Waals surface area contributed by atoms with Crippen molar-refractivity contribution in [1.29, 1.82) is 0 Å². The third-order valence-electron chi connectivity index (χ3n) is 2.62. The second-order valence-electron chi connectivity index (χ2n) is 3.55. The maximum absolute atomic E-state index is 5.44. The highest BCUT2D eigenvalue weighted by Crippen LogP contribution is 2.23. The molecule has 4 heteroatoms. The monoisotopic (exact) mass is 217 g/mol. The molecule has 0 unspecified atom stereocenters. The molecule has 16 heavy (non-hydrogen) atoms. The van der Waals surface area contributed by atoms with E-state index in [1.807, 2.05) is 18.2 Å². The number of benzene rings is 1. The first kappa shape index (κ1) is 10.7. The molecular formula is C12H15N3O. The predicted octanol–water partition coefficient (Wildman–Crippen LogP) is 2.09. The molecule has 4 nitrogen and oxygen atoms in total. The van der Waals surface area contributed by atoms with Crippen LogP contribution in [0.2, 0.25) is 0 Å². The number of nitrogens with one attached hydrogen (secondary N) is 1. The van der Waals surface area contributed by atoms with Gasteiger partial charge in [-0.2, -0.15) is 0 Å². The highest BCUT2D eigenvalue weighted by atomic mass is 16.5. The molecule has 1 heterocycles. The summed E-state index contributed by atoms with van der Waals surface area (Å²) in [7, 11) is 1.64. The molecule has 0 bridgehead atoms. The van der Waals surface area contributed by atoms with E-state index in [1.54, 1.807) is 7.11 Å². The van der Waals surface area contributed by atoms with Gasteiger partial charge in [0.2, 0.25) is 0 Å². The molecule has 0 saturated carbocycles. The van der Waals surface area contributed by atoms with Crippen molar-refractivity contribution < 1.29 is 4.74 Å². The molecule has 0 spiro atoms. The van der Waals surface area contributed by atoms with Gasteiger partial charge in [0.15, 0.2) is 0 Å². The Kier molecular flexibility index (Phi) is 2.92. The van der Waals surface area contributed by atoms with Crippen molar-refractivity contribution in [1.82, 2.24) is 4.98 Å². The number of fused-ring (bicyclic) bond motifs is 1. The lowest BCUT2D eigenvalue weighted by molar-refractivity contribution is 0.415. The summed E-state index contributed by atoms with van der Waals surface area (Å²) in [5, 5.41) is 1.09. The third kappa shape index (κ3) is 1.79. The van der Waals surface area contributed by atoms with Gasteiger partial charge in [0.05, 0.1) is 12.6 Å². The number of nitrogens with zero attached hydrogens (tertiary/aromatic N) is 1. The Labute approximate surface area is 94.4 Å². The zero-order valence-corrected chi connectivity index (χ0v) is 9.45. The van der Waals surface area contributed by atoms with E-state index in [4.69, 9.17) is 10.6 Å². The Balaban J connectivity index is 2.63. The van der Waals surface area contributed by atoms with E-state index in [0.29, 0.717) is 0 Å². The highest BCUT2D eigenvalue weighted by Gasteiger charge is 2.05. The van der Waals surface area contributed by atoms with Crippen LogP contribution in [-0.4, -0.2) is 12.1 Å². The van der Waals surface area contributed by atoms with Gasteiger partial charge in [0.25, 0.3) is 0 Å². The molecule has 0 aliphatic carbocycles. The standard InChI is InChI=1S/C12H15N3O/c1-3-8-6-9-4-5-10(16-2)7-11(9)14-12(8)15-13/h4-7H,3,13H2,1-2H3,(H,14,15). The molecule has 2 aromatic rings. The molecule has 0 aliphatic rings. The fourth-order valence-electron chi connectivity index (χ4n) is 1.71. The molecule has 0 radical (unpaired) electrons. The van der Waals surface area contributed by atoms with Gasteiger partial charge >= 0.3 is 0 Å². The van der Waals surface area contributed by atoms with Crippen molar-refractivity contribution in [3.63, 3.8) is 0 Å². The summed E-state index contributed by atoms with van der Waals surface area (Å²) in [6, 6.07) is 7.92. The maximum Gasteiger partial charge on any atom is 0.143 e. The van der Waals surface area contributed by atoms with Crippen LogP contribution >= 0.6 is 0 Å². The molecule has 0 atom stereocenters. The number of hydrogen-bond donors (Lipinski definition) is 2. The second-order valence-corrected chi connectivity index (χ2v) is 3.55. The highest BCUT2D eigenvalue weighted by molar-refractivity contribution is 5.83. The van der Waals surface area contributed by atoms with Crippen molar-refractivity contribution in [2.75, 3.05) is 12.5 Å². The lowest BCUT2D eigenvalue weighted by Crippen LogP contribution is -2.11. The number of hydrogen-bond acceptors (Lipinski definition) is 4. The van der Waals surface area contributed by atoms with Gasteiger partial charge in [-0.3, -0.25) is 0 Å². The van der Waals surface area contributed by atoms with Gasteiger partial charge in [-0.25, -0.2) is 10.8 Å². The van der Waals surface area contributed by atoms with Crippen molar-refractivity contribution in [3.8, 4) is 5.75 Å². The van der Waals surface area contributed by atoms with Crippen molar-refractivity contribution in [3.05, 3.63) is 29.8 Å². The van der Waals surface area contributed by atoms with Gasteiger partial charge in [-0.15, -0.1) is 0 Å². The maximum atomic E-state index is 5.44. The molecule has 0 fully saturated rings. The zero-order chi connectivity index (χ0) is 11.5. The largest absolute Gasteiger partial charge is 0.497 e. The number of hydrazine groups is 1. The van der Waals surface area contributed by atoms with E-state index in [1.165, 1.54) is 0 Å². The molecular weight excluding hydrogens is 202 g/mol. The average Bonchev–Trinajstić information content (AvgIpc) is 2.36. The average molecular weight is 217 g/mol. The first-order valence-electron chi connectivity index (χ1n) is 5.22. The van der Waals surface area contributed by atoms with Crippen molar-refractivity contribution in [2.24, 2.45) is 5.84 Å². The topological polar surface area (TPSA) is 60.2 Å². The molecule has 0 aliphatic heterocycles. The molecule has 3 N–H and O–H groups in total. The second kappa shape index (κ2) is 4.37. The summed E-state index contributed by atoms with van der Waals surface area (Å²) < 4.78 is 5.16. The van der Waals surface area contributed by atoms with Crippen LogP contribution in [0, 0.1) is 0 Å². The Morgan fingerprint density at radius 2 is 2.19 bits per heavy atom. The number of methoxy groups -OCH3 is 1. The van der Waals surface area contributed by atoms with Crippen molar-refractivity contribution >= 4 is 16.7 Å². The minimum Gasteiger partial charge on any atom is -0.497 e. The summed E-state index contributed by atoms with van der Waals surface area (Å²) in [6.45, 7) is 2.08. The number of pyridine rings is 1. The normalized spacial score (nSPS) is 10.4. The molecule has 1 aromatic carbocycles. The molecule has 2 rings (SSSR count). The van der Waals surface area contributed by atoms with Gasteiger partial charge in [0, 0.05) is 11.5 Å². The molecule has 1 aromatic heterocycles. The molecule has 0 amide bonds. The minimum absolute atomic E-state index is 0.725. The number of aryl methyl sites for hydroxylation is 1. The van der Waals surface area contributed by atoms with Gasteiger partial charge in [-0.1, -0.05) is 6.92 Å². The number of nitrogens with two attached hydrogens (primary N) is 1. The number of nitrogen functional groups attached to an aromatic ring is 1. The quantitative estimate of drug-likeness (QED) is 0.610. The minimum atomic E-state index is 0.725. The number of rotatable bonds is 3. The molecule has 0 saturated heterocycles. The number of anilines is 1. The van der Waals surface area contributed by atoms with Crippen LogP contribution in [0.5, 0.6) is 5.75 Å². The van der Waals surface area contributed by atoms with Crippen LogP contribution in [-0.2, 0) is 6.42 Å². The number of ether oxygens (including phenoxy) is 1. The predicted molar refractivity (Wildman–Crippen MR) is 65.5 cm³/mol. The fourth-order valence-corrected chi connectivity index (χ4v) is 1.71. The third-order valence-corrected chi connectivity index (χ3v) is 2.62. The molecule has 84 valence electrons. The summed E-state index contributed by atoms with van der Waals surface area (Å²) in [6.07, 6.45) is 0.897. The van der Waals surface area contributed by atoms with Crippen LogP contribution in [0.25, 0.3) is 10.9 Å². The Bertz CT molecular complexity index is 511. The van der Waals surface area contributed by atoms with E-state index in [9.17, 15) is 0 Å². The van der Waals surface area contributed by atoms with Crippen LogP contribution in [0.1, 0.15) is 12.5 Å². The van der Waals surface area contributed by atoms with Crippen LogP contribution in [0.4, 0.5) is 5.82 Å². The summed E-state index contributed by atoms with van der Waals surface area (Å²) in [4.78, 5) is 4.46. The lowest BCUT2D eigenvalue weighted by Gasteiger charge is -2.09. The lowest BCUT2D eigenvalue weighted by atomic mass is 10.1. The van der Waals surface area contributed by atoms with E-state index < -0.39 is 0 Å². The van der Waals surface area contributed by atoms with Gasteiger partial charge < -0.3 is 10.2 Å². The van der Waals surface area contributed by atoms with E-state index in [2.05, 4.69) is 23.4 Å². The zero-order valence-electron chi connectivity index (χ0n) is 9.45. The van der Waals surface area contributed by atoms with E-state index in [-0.39, 0.29) is 0 Å².